The van der Waals surface area contributed by atoms with Crippen molar-refractivity contribution in [2.45, 2.75) is 44.6 Å². The second-order valence-corrected chi connectivity index (χ2v) is 13.1. The van der Waals surface area contributed by atoms with Crippen LogP contribution in [0.25, 0.3) is 11.3 Å². The summed E-state index contributed by atoms with van der Waals surface area (Å²) in [4.78, 5) is 49.2. The van der Waals surface area contributed by atoms with Crippen LogP contribution in [0.5, 0.6) is 0 Å². The Morgan fingerprint density at radius 3 is 2.44 bits per heavy atom. The van der Waals surface area contributed by atoms with Gasteiger partial charge in [-0.1, -0.05) is 24.3 Å². The molecule has 228 valence electrons. The highest BCUT2D eigenvalue weighted by Crippen LogP contribution is 2.40. The van der Waals surface area contributed by atoms with Crippen LogP contribution in [-0.4, -0.2) is 106 Å². The number of carboxylic acid groups (broad SMARTS) is 1. The average molecular weight is 606 g/mol. The number of H-pyrrole nitrogens is 1. The van der Waals surface area contributed by atoms with E-state index in [4.69, 9.17) is 4.98 Å². The molecule has 4 heterocycles. The maximum absolute atomic E-state index is 13.4. The molecule has 11 nitrogen and oxygen atoms in total. The van der Waals surface area contributed by atoms with Gasteiger partial charge in [-0.3, -0.25) is 24.4 Å². The zero-order valence-corrected chi connectivity index (χ0v) is 25.4. The van der Waals surface area contributed by atoms with Crippen LogP contribution in [0.4, 0.5) is 0 Å². The number of thiazole rings is 1. The Kier molecular flexibility index (Phi) is 8.60. The minimum absolute atomic E-state index is 0.210. The average Bonchev–Trinajstić information content (AvgIpc) is 3.75. The predicted octanol–water partition coefficient (Wildman–Crippen LogP) is 2.36. The first-order valence-electron chi connectivity index (χ1n) is 15.0. The van der Waals surface area contributed by atoms with Crippen LogP contribution in [-0.2, 0) is 33.8 Å². The molecule has 0 atom stereocenters. The van der Waals surface area contributed by atoms with Gasteiger partial charge in [0.2, 0.25) is 11.8 Å². The summed E-state index contributed by atoms with van der Waals surface area (Å²) in [5.41, 5.74) is 3.87. The molecule has 0 radical (unpaired) electrons. The second-order valence-electron chi connectivity index (χ2n) is 12.2. The SMILES string of the molecule is CN1CCN(C(=O)CN2CCC(c3n[nH]cc3-c3csc(CNC(=O)C4(CC(=O)O)Cc5ccccc5C4)n3)CC2)CC1. The van der Waals surface area contributed by atoms with E-state index in [1.165, 1.54) is 11.3 Å². The molecule has 0 saturated carbocycles. The van der Waals surface area contributed by atoms with Gasteiger partial charge in [0.15, 0.2) is 0 Å². The fourth-order valence-corrected chi connectivity index (χ4v) is 7.47. The van der Waals surface area contributed by atoms with Crippen molar-refractivity contribution in [3.63, 3.8) is 0 Å². The van der Waals surface area contributed by atoms with Gasteiger partial charge in [-0.25, -0.2) is 4.98 Å². The standard InChI is InChI=1S/C31H39N7O4S/c1-36-10-12-38(13-11-36)27(39)19-37-8-6-21(7-9-37)29-24(17-33-35-29)25-20-43-26(34-25)18-32-30(42)31(16-28(40)41)14-22-4-2-3-5-23(22)15-31/h2-5,17,20-21H,6-16,18-19H2,1H3,(H,32,42)(H,33,35)(H,40,41). The van der Waals surface area contributed by atoms with E-state index in [0.717, 1.165) is 85.2 Å². The monoisotopic (exact) mass is 605 g/mol. The molecule has 1 aliphatic carbocycles. The van der Waals surface area contributed by atoms with Crippen LogP contribution in [0.2, 0.25) is 0 Å². The Morgan fingerprint density at radius 1 is 1.07 bits per heavy atom. The summed E-state index contributed by atoms with van der Waals surface area (Å²) in [6.45, 7) is 5.90. The number of likely N-dealkylation sites (tertiary alicyclic amines) is 1. The molecule has 3 aromatic rings. The van der Waals surface area contributed by atoms with Crippen LogP contribution < -0.4 is 5.32 Å². The largest absolute Gasteiger partial charge is 0.481 e. The number of carbonyl (C=O) groups excluding carboxylic acids is 2. The first-order chi connectivity index (χ1) is 20.8. The number of carbonyl (C=O) groups is 3. The van der Waals surface area contributed by atoms with Gasteiger partial charge in [0.25, 0.3) is 0 Å². The van der Waals surface area contributed by atoms with Crippen molar-refractivity contribution in [3.05, 3.63) is 57.7 Å². The van der Waals surface area contributed by atoms with Crippen LogP contribution in [0.15, 0.2) is 35.8 Å². The molecule has 3 aliphatic rings. The number of rotatable bonds is 9. The summed E-state index contributed by atoms with van der Waals surface area (Å²) in [6.07, 6.45) is 4.37. The highest BCUT2D eigenvalue weighted by atomic mass is 32.1. The first kappa shape index (κ1) is 29.5. The summed E-state index contributed by atoms with van der Waals surface area (Å²) in [5.74, 6) is -0.717. The van der Waals surface area contributed by atoms with E-state index in [9.17, 15) is 19.5 Å². The highest BCUT2D eigenvalue weighted by molar-refractivity contribution is 7.09. The first-order valence-corrected chi connectivity index (χ1v) is 15.9. The maximum atomic E-state index is 13.4. The van der Waals surface area contributed by atoms with Gasteiger partial charge in [0.1, 0.15) is 5.01 Å². The van der Waals surface area contributed by atoms with Gasteiger partial charge in [0, 0.05) is 49.2 Å². The van der Waals surface area contributed by atoms with E-state index in [2.05, 4.69) is 32.4 Å². The summed E-state index contributed by atoms with van der Waals surface area (Å²) in [7, 11) is 2.09. The molecule has 1 aromatic carbocycles. The number of piperidine rings is 1. The molecular weight excluding hydrogens is 566 g/mol. The summed E-state index contributed by atoms with van der Waals surface area (Å²) in [6, 6.07) is 7.79. The lowest BCUT2D eigenvalue weighted by molar-refractivity contribution is -0.145. The fraction of sp³-hybridized carbons (Fsp3) is 0.516. The minimum atomic E-state index is -0.989. The lowest BCUT2D eigenvalue weighted by atomic mass is 9.80. The van der Waals surface area contributed by atoms with Crippen molar-refractivity contribution in [1.82, 2.24) is 35.2 Å². The van der Waals surface area contributed by atoms with E-state index >= 15 is 0 Å². The van der Waals surface area contributed by atoms with E-state index in [1.54, 1.807) is 0 Å². The molecular formula is C31H39N7O4S. The smallest absolute Gasteiger partial charge is 0.304 e. The number of aromatic nitrogens is 3. The summed E-state index contributed by atoms with van der Waals surface area (Å²) < 4.78 is 0. The predicted molar refractivity (Wildman–Crippen MR) is 163 cm³/mol. The van der Waals surface area contributed by atoms with Crippen LogP contribution in [0.3, 0.4) is 0 Å². The van der Waals surface area contributed by atoms with Crippen molar-refractivity contribution >= 4 is 29.1 Å². The quantitative estimate of drug-likeness (QED) is 0.339. The number of nitrogens with zero attached hydrogens (tertiary/aromatic N) is 5. The van der Waals surface area contributed by atoms with Crippen molar-refractivity contribution in [2.24, 2.45) is 5.41 Å². The molecule has 12 heteroatoms. The molecule has 43 heavy (non-hydrogen) atoms. The van der Waals surface area contributed by atoms with Crippen molar-refractivity contribution < 1.29 is 19.5 Å². The van der Waals surface area contributed by atoms with Gasteiger partial charge in [-0.05, 0) is 56.9 Å². The number of benzene rings is 1. The Balaban J connectivity index is 1.04. The van der Waals surface area contributed by atoms with Crippen LogP contribution in [0, 0.1) is 5.41 Å². The van der Waals surface area contributed by atoms with E-state index in [0.29, 0.717) is 19.4 Å². The molecule has 0 unspecified atom stereocenters. The second kappa shape index (κ2) is 12.6. The molecule has 2 aliphatic heterocycles. The number of hydrogen-bond acceptors (Lipinski definition) is 8. The molecule has 2 amide bonds. The van der Waals surface area contributed by atoms with Gasteiger partial charge < -0.3 is 20.2 Å². The molecule has 0 spiro atoms. The number of piperazine rings is 1. The van der Waals surface area contributed by atoms with Crippen molar-refractivity contribution in [2.75, 3.05) is 52.9 Å². The number of aromatic amines is 1. The third kappa shape index (κ3) is 6.51. The normalized spacial score (nSPS) is 19.3. The van der Waals surface area contributed by atoms with Gasteiger partial charge in [-0.15, -0.1) is 11.3 Å². The van der Waals surface area contributed by atoms with Gasteiger partial charge >= 0.3 is 5.97 Å². The molecule has 6 rings (SSSR count). The number of nitrogens with one attached hydrogen (secondary N) is 2. The van der Waals surface area contributed by atoms with Crippen molar-refractivity contribution in [3.8, 4) is 11.3 Å². The molecule has 2 aromatic heterocycles. The molecule has 2 fully saturated rings. The molecule has 3 N–H and O–H groups in total. The van der Waals surface area contributed by atoms with E-state index < -0.39 is 11.4 Å². The molecule has 2 saturated heterocycles. The number of carboxylic acids is 1. The Labute approximate surface area is 255 Å². The zero-order chi connectivity index (χ0) is 30.0. The van der Waals surface area contributed by atoms with E-state index in [1.807, 2.05) is 40.7 Å². The zero-order valence-electron chi connectivity index (χ0n) is 24.6. The lowest BCUT2D eigenvalue weighted by Gasteiger charge is -2.36. The Morgan fingerprint density at radius 2 is 1.77 bits per heavy atom. The third-order valence-electron chi connectivity index (χ3n) is 9.23. The highest BCUT2D eigenvalue weighted by Gasteiger charge is 2.45. The van der Waals surface area contributed by atoms with Crippen LogP contribution in [0.1, 0.15) is 47.0 Å². The lowest BCUT2D eigenvalue weighted by Crippen LogP contribution is -2.50. The third-order valence-corrected chi connectivity index (χ3v) is 10.1. The van der Waals surface area contributed by atoms with Crippen molar-refractivity contribution in [1.29, 1.82) is 0 Å². The van der Waals surface area contributed by atoms with Gasteiger partial charge in [-0.2, -0.15) is 5.10 Å². The number of aliphatic carboxylic acids is 1. The number of hydrogen-bond donors (Lipinski definition) is 3. The van der Waals surface area contributed by atoms with Gasteiger partial charge in [0.05, 0.1) is 36.3 Å². The number of amides is 2. The summed E-state index contributed by atoms with van der Waals surface area (Å²) in [5, 5.41) is 22.9. The number of likely N-dealkylation sites (N-methyl/N-ethyl adjacent to an activating group) is 1. The van der Waals surface area contributed by atoms with E-state index in [-0.39, 0.29) is 30.7 Å². The maximum Gasteiger partial charge on any atom is 0.304 e. The Bertz CT molecular complexity index is 1440. The summed E-state index contributed by atoms with van der Waals surface area (Å²) >= 11 is 1.47. The minimum Gasteiger partial charge on any atom is -0.481 e. The number of fused-ring (bicyclic) bond motifs is 1. The fourth-order valence-electron chi connectivity index (χ4n) is 6.74. The van der Waals surface area contributed by atoms with Crippen LogP contribution >= 0.6 is 11.3 Å². The topological polar surface area (TPSA) is 135 Å². The Hall–Kier alpha value is -3.61. The molecule has 0 bridgehead atoms.